The molecule has 3 heterocycles. The van der Waals surface area contributed by atoms with Crippen molar-refractivity contribution in [1.82, 2.24) is 24.6 Å². The summed E-state index contributed by atoms with van der Waals surface area (Å²) < 4.78 is 1.63. The molecule has 3 aromatic rings. The number of rotatable bonds is 6. The summed E-state index contributed by atoms with van der Waals surface area (Å²) in [5, 5.41) is 2.83. The van der Waals surface area contributed by atoms with E-state index in [0.717, 1.165) is 17.7 Å². The normalized spacial score (nSPS) is 11.0. The maximum Gasteiger partial charge on any atom is 0.269 e. The van der Waals surface area contributed by atoms with Crippen molar-refractivity contribution in [2.24, 2.45) is 5.73 Å². The Morgan fingerprint density at radius 3 is 2.62 bits per heavy atom. The number of imidazole rings is 1. The second kappa shape index (κ2) is 7.32. The highest BCUT2D eigenvalue weighted by molar-refractivity contribution is 5.93. The second-order valence-corrected chi connectivity index (χ2v) is 6.14. The lowest BCUT2D eigenvalue weighted by Gasteiger charge is -2.10. The van der Waals surface area contributed by atoms with Crippen LogP contribution < -0.4 is 11.1 Å². The molecule has 0 atom stereocenters. The molecule has 2 amide bonds. The van der Waals surface area contributed by atoms with Gasteiger partial charge in [-0.1, -0.05) is 6.07 Å². The van der Waals surface area contributed by atoms with Crippen molar-refractivity contribution in [2.45, 2.75) is 0 Å². The molecule has 0 saturated heterocycles. The molecule has 0 spiro atoms. The number of amides is 2. The van der Waals surface area contributed by atoms with Crippen molar-refractivity contribution in [3.8, 4) is 11.1 Å². The number of nitrogens with zero attached hydrogens (tertiary/aromatic N) is 4. The number of nitrogens with one attached hydrogen (secondary N) is 1. The Morgan fingerprint density at radius 1 is 1.15 bits per heavy atom. The number of nitrogens with two attached hydrogens (primary N) is 1. The third-order valence-electron chi connectivity index (χ3n) is 3.94. The highest BCUT2D eigenvalue weighted by atomic mass is 16.2. The van der Waals surface area contributed by atoms with Crippen molar-refractivity contribution in [1.29, 1.82) is 0 Å². The molecule has 8 nitrogen and oxygen atoms in total. The Balaban J connectivity index is 1.77. The fourth-order valence-corrected chi connectivity index (χ4v) is 2.53. The van der Waals surface area contributed by atoms with E-state index >= 15 is 0 Å². The number of carbonyl (C=O) groups excluding carboxylic acids is 2. The van der Waals surface area contributed by atoms with Crippen LogP contribution in [0.5, 0.6) is 0 Å². The summed E-state index contributed by atoms with van der Waals surface area (Å²) in [6, 6.07) is 7.19. The number of hydrogen-bond acceptors (Lipinski definition) is 5. The van der Waals surface area contributed by atoms with Crippen LogP contribution in [0.25, 0.3) is 16.8 Å². The average Bonchev–Trinajstić information content (AvgIpc) is 3.05. The molecule has 0 radical (unpaired) electrons. The Morgan fingerprint density at radius 2 is 1.96 bits per heavy atom. The minimum atomic E-state index is -0.531. The van der Waals surface area contributed by atoms with Crippen LogP contribution in [0, 0.1) is 0 Å². The molecule has 3 N–H and O–H groups in total. The first-order valence-electron chi connectivity index (χ1n) is 8.12. The molecular formula is C18H20N6O2. The minimum Gasteiger partial charge on any atom is -0.364 e. The van der Waals surface area contributed by atoms with Crippen LogP contribution >= 0.6 is 0 Å². The maximum atomic E-state index is 12.1. The zero-order valence-corrected chi connectivity index (χ0v) is 14.6. The van der Waals surface area contributed by atoms with Gasteiger partial charge in [0, 0.05) is 31.0 Å². The van der Waals surface area contributed by atoms with Gasteiger partial charge in [0.1, 0.15) is 17.0 Å². The highest BCUT2D eigenvalue weighted by Crippen LogP contribution is 2.20. The van der Waals surface area contributed by atoms with Crippen molar-refractivity contribution in [2.75, 3.05) is 27.2 Å². The Bertz CT molecular complexity index is 946. The van der Waals surface area contributed by atoms with Gasteiger partial charge in [0.15, 0.2) is 0 Å². The van der Waals surface area contributed by atoms with Crippen molar-refractivity contribution >= 4 is 17.5 Å². The van der Waals surface area contributed by atoms with Crippen molar-refractivity contribution < 1.29 is 9.59 Å². The Kier molecular flexibility index (Phi) is 4.94. The number of pyridine rings is 2. The van der Waals surface area contributed by atoms with Gasteiger partial charge < -0.3 is 16.0 Å². The quantitative estimate of drug-likeness (QED) is 0.682. The molecule has 0 bridgehead atoms. The highest BCUT2D eigenvalue weighted by Gasteiger charge is 2.11. The SMILES string of the molecule is CN(C)CCNC(=O)c1ccc(-c2ccn3c(C(N)=O)cnc3c2)cn1. The zero-order chi connectivity index (χ0) is 18.7. The van der Waals surface area contributed by atoms with Crippen LogP contribution in [-0.2, 0) is 0 Å². The van der Waals surface area contributed by atoms with E-state index in [4.69, 9.17) is 5.73 Å². The molecule has 0 unspecified atom stereocenters. The van der Waals surface area contributed by atoms with Crippen molar-refractivity contribution in [3.05, 3.63) is 54.2 Å². The first kappa shape index (κ1) is 17.6. The van der Waals surface area contributed by atoms with Crippen LogP contribution in [0.15, 0.2) is 42.9 Å². The number of aromatic nitrogens is 3. The van der Waals surface area contributed by atoms with E-state index in [1.54, 1.807) is 22.9 Å². The van der Waals surface area contributed by atoms with Crippen LogP contribution in [0.4, 0.5) is 0 Å². The molecule has 8 heteroatoms. The lowest BCUT2D eigenvalue weighted by molar-refractivity contribution is 0.0944. The first-order chi connectivity index (χ1) is 12.5. The summed E-state index contributed by atoms with van der Waals surface area (Å²) >= 11 is 0. The summed E-state index contributed by atoms with van der Waals surface area (Å²) in [5.74, 6) is -0.732. The summed E-state index contributed by atoms with van der Waals surface area (Å²) in [6.07, 6.45) is 4.82. The molecular weight excluding hydrogens is 332 g/mol. The summed E-state index contributed by atoms with van der Waals surface area (Å²) in [4.78, 5) is 33.8. The maximum absolute atomic E-state index is 12.1. The lowest BCUT2D eigenvalue weighted by Crippen LogP contribution is -2.31. The molecule has 0 aliphatic heterocycles. The number of fused-ring (bicyclic) bond motifs is 1. The van der Waals surface area contributed by atoms with Gasteiger partial charge in [-0.3, -0.25) is 19.0 Å². The molecule has 3 aromatic heterocycles. The smallest absolute Gasteiger partial charge is 0.269 e. The topological polar surface area (TPSA) is 106 Å². The molecule has 134 valence electrons. The summed E-state index contributed by atoms with van der Waals surface area (Å²) in [5.41, 5.74) is 8.36. The van der Waals surface area contributed by atoms with E-state index in [1.165, 1.54) is 6.20 Å². The molecule has 26 heavy (non-hydrogen) atoms. The molecule has 0 fully saturated rings. The summed E-state index contributed by atoms with van der Waals surface area (Å²) in [6.45, 7) is 1.33. The van der Waals surface area contributed by atoms with E-state index in [2.05, 4.69) is 15.3 Å². The number of primary amides is 1. The zero-order valence-electron chi connectivity index (χ0n) is 14.6. The first-order valence-corrected chi connectivity index (χ1v) is 8.12. The van der Waals surface area contributed by atoms with Crippen LogP contribution in [-0.4, -0.2) is 58.3 Å². The largest absolute Gasteiger partial charge is 0.364 e. The van der Waals surface area contributed by atoms with Gasteiger partial charge in [-0.2, -0.15) is 0 Å². The van der Waals surface area contributed by atoms with Crippen LogP contribution in [0.2, 0.25) is 0 Å². The van der Waals surface area contributed by atoms with Gasteiger partial charge in [-0.25, -0.2) is 4.98 Å². The fraction of sp³-hybridized carbons (Fsp3) is 0.222. The third-order valence-corrected chi connectivity index (χ3v) is 3.94. The van der Waals surface area contributed by atoms with E-state index in [9.17, 15) is 9.59 Å². The van der Waals surface area contributed by atoms with Crippen molar-refractivity contribution in [3.63, 3.8) is 0 Å². The molecule has 3 rings (SSSR count). The van der Waals surface area contributed by atoms with E-state index < -0.39 is 5.91 Å². The molecule has 0 aromatic carbocycles. The average molecular weight is 352 g/mol. The lowest BCUT2D eigenvalue weighted by atomic mass is 10.1. The number of carbonyl (C=O) groups is 2. The van der Waals surface area contributed by atoms with Gasteiger partial charge in [0.25, 0.3) is 11.8 Å². The monoisotopic (exact) mass is 352 g/mol. The second-order valence-electron chi connectivity index (χ2n) is 6.14. The minimum absolute atomic E-state index is 0.201. The molecule has 0 aliphatic rings. The van der Waals surface area contributed by atoms with Crippen LogP contribution in [0.3, 0.4) is 0 Å². The van der Waals surface area contributed by atoms with E-state index in [1.807, 2.05) is 37.2 Å². The Hall–Kier alpha value is -3.26. The molecule has 0 aliphatic carbocycles. The van der Waals surface area contributed by atoms with Crippen LogP contribution in [0.1, 0.15) is 21.0 Å². The van der Waals surface area contributed by atoms with E-state index in [-0.39, 0.29) is 5.91 Å². The van der Waals surface area contributed by atoms with Gasteiger partial charge in [-0.15, -0.1) is 0 Å². The Labute approximate surface area is 150 Å². The standard InChI is InChI=1S/C18H20N6O2/c1-23(2)8-6-20-18(26)14-4-3-13(10-21-14)12-5-7-24-15(17(19)25)11-22-16(24)9-12/h3-5,7,9-11H,6,8H2,1-2H3,(H2,19,25)(H,20,26). The van der Waals surface area contributed by atoms with Gasteiger partial charge in [-0.05, 0) is 37.9 Å². The molecule has 0 saturated carbocycles. The fourth-order valence-electron chi connectivity index (χ4n) is 2.53. The van der Waals surface area contributed by atoms with Gasteiger partial charge >= 0.3 is 0 Å². The third kappa shape index (κ3) is 3.70. The predicted molar refractivity (Wildman–Crippen MR) is 97.8 cm³/mol. The van der Waals surface area contributed by atoms with Gasteiger partial charge in [0.05, 0.1) is 6.20 Å². The number of likely N-dealkylation sites (N-methyl/N-ethyl adjacent to an activating group) is 1. The van der Waals surface area contributed by atoms with Gasteiger partial charge in [0.2, 0.25) is 0 Å². The summed E-state index contributed by atoms with van der Waals surface area (Å²) in [7, 11) is 3.89. The predicted octanol–water partition coefficient (Wildman–Crippen LogP) is 0.787. The number of hydrogen-bond donors (Lipinski definition) is 2. The van der Waals surface area contributed by atoms with E-state index in [0.29, 0.717) is 23.6 Å².